The first-order valence-electron chi connectivity index (χ1n) is 7.47. The molecule has 0 unspecified atom stereocenters. The van der Waals surface area contributed by atoms with Crippen LogP contribution in [0.2, 0.25) is 0 Å². The van der Waals surface area contributed by atoms with E-state index in [4.69, 9.17) is 0 Å². The van der Waals surface area contributed by atoms with Gasteiger partial charge in [0, 0.05) is 11.4 Å². The molecule has 0 aliphatic heterocycles. The highest BCUT2D eigenvalue weighted by Gasteiger charge is 2.10. The van der Waals surface area contributed by atoms with Crippen LogP contribution in [0.5, 0.6) is 0 Å². The van der Waals surface area contributed by atoms with Crippen LogP contribution in [-0.2, 0) is 6.42 Å². The van der Waals surface area contributed by atoms with Crippen molar-refractivity contribution in [2.75, 3.05) is 6.54 Å². The van der Waals surface area contributed by atoms with Gasteiger partial charge >= 0.3 is 0 Å². The molecule has 0 fully saturated rings. The molecule has 1 amide bonds. The van der Waals surface area contributed by atoms with Crippen molar-refractivity contribution in [3.05, 3.63) is 69.4 Å². The number of amides is 1. The molecule has 0 bridgehead atoms. The van der Waals surface area contributed by atoms with Crippen molar-refractivity contribution in [3.63, 3.8) is 0 Å². The van der Waals surface area contributed by atoms with Gasteiger partial charge in [0.05, 0.1) is 4.88 Å². The zero-order valence-electron chi connectivity index (χ0n) is 12.8. The summed E-state index contributed by atoms with van der Waals surface area (Å²) in [4.78, 5) is 14.2. The van der Waals surface area contributed by atoms with E-state index in [1.54, 1.807) is 11.3 Å². The van der Waals surface area contributed by atoms with Gasteiger partial charge in [-0.1, -0.05) is 42.5 Å². The Bertz CT molecular complexity index is 794. The summed E-state index contributed by atoms with van der Waals surface area (Å²) in [5, 5.41) is 5.54. The summed E-state index contributed by atoms with van der Waals surface area (Å²) >= 11 is 1.56. The number of carbonyl (C=O) groups is 1. The van der Waals surface area contributed by atoms with Gasteiger partial charge < -0.3 is 5.32 Å². The van der Waals surface area contributed by atoms with E-state index in [9.17, 15) is 4.79 Å². The van der Waals surface area contributed by atoms with Crippen LogP contribution in [0.25, 0.3) is 10.8 Å². The van der Waals surface area contributed by atoms with Crippen molar-refractivity contribution in [1.82, 2.24) is 5.32 Å². The van der Waals surface area contributed by atoms with Crippen LogP contribution in [0.1, 0.15) is 25.7 Å². The number of hydrogen-bond acceptors (Lipinski definition) is 2. The van der Waals surface area contributed by atoms with E-state index in [0.717, 1.165) is 11.3 Å². The molecule has 0 spiro atoms. The van der Waals surface area contributed by atoms with Crippen LogP contribution in [0.15, 0.2) is 48.5 Å². The Balaban J connectivity index is 1.66. The van der Waals surface area contributed by atoms with E-state index in [2.05, 4.69) is 47.8 Å². The van der Waals surface area contributed by atoms with Crippen LogP contribution in [0, 0.1) is 13.8 Å². The van der Waals surface area contributed by atoms with Crippen molar-refractivity contribution in [2.45, 2.75) is 20.3 Å². The molecule has 0 atom stereocenters. The second kappa shape index (κ2) is 6.32. The maximum absolute atomic E-state index is 12.2. The fourth-order valence-electron chi connectivity index (χ4n) is 2.59. The topological polar surface area (TPSA) is 29.1 Å². The summed E-state index contributed by atoms with van der Waals surface area (Å²) in [6, 6.07) is 16.7. The molecule has 0 aliphatic rings. The van der Waals surface area contributed by atoms with Gasteiger partial charge in [0.25, 0.3) is 5.91 Å². The fourth-order valence-corrected chi connectivity index (χ4v) is 3.54. The maximum Gasteiger partial charge on any atom is 0.261 e. The molecule has 1 aromatic heterocycles. The lowest BCUT2D eigenvalue weighted by Crippen LogP contribution is -2.24. The van der Waals surface area contributed by atoms with Crippen LogP contribution >= 0.6 is 11.3 Å². The number of aryl methyl sites for hydroxylation is 2. The second-order valence-electron chi connectivity index (χ2n) is 5.49. The van der Waals surface area contributed by atoms with Gasteiger partial charge in [-0.15, -0.1) is 11.3 Å². The number of fused-ring (bicyclic) bond motifs is 1. The average molecular weight is 309 g/mol. The molecule has 0 saturated carbocycles. The van der Waals surface area contributed by atoms with Gasteiger partial charge in [-0.3, -0.25) is 4.79 Å². The Morgan fingerprint density at radius 2 is 1.86 bits per heavy atom. The number of thiophene rings is 1. The monoisotopic (exact) mass is 309 g/mol. The third kappa shape index (κ3) is 3.04. The maximum atomic E-state index is 12.2. The molecule has 3 heteroatoms. The standard InChI is InChI=1S/C19H19NOS/c1-13-12-18(22-14(13)2)19(21)20-11-10-16-8-5-7-15-6-3-4-9-17(15)16/h3-9,12H,10-11H2,1-2H3,(H,20,21). The largest absolute Gasteiger partial charge is 0.351 e. The normalized spacial score (nSPS) is 10.8. The van der Waals surface area contributed by atoms with E-state index < -0.39 is 0 Å². The minimum absolute atomic E-state index is 0.0291. The van der Waals surface area contributed by atoms with E-state index >= 15 is 0 Å². The molecule has 0 radical (unpaired) electrons. The lowest BCUT2D eigenvalue weighted by Gasteiger charge is -2.07. The van der Waals surface area contributed by atoms with E-state index in [0.29, 0.717) is 6.54 Å². The molecule has 22 heavy (non-hydrogen) atoms. The Morgan fingerprint density at radius 1 is 1.09 bits per heavy atom. The predicted octanol–water partition coefficient (Wildman–Crippen LogP) is 4.49. The van der Waals surface area contributed by atoms with E-state index in [1.165, 1.54) is 26.8 Å². The first-order valence-corrected chi connectivity index (χ1v) is 8.28. The number of benzene rings is 2. The summed E-state index contributed by atoms with van der Waals surface area (Å²) < 4.78 is 0. The third-order valence-electron chi connectivity index (χ3n) is 3.95. The predicted molar refractivity (Wildman–Crippen MR) is 93.8 cm³/mol. The van der Waals surface area contributed by atoms with Crippen molar-refractivity contribution < 1.29 is 4.79 Å². The molecule has 1 N–H and O–H groups in total. The number of hydrogen-bond donors (Lipinski definition) is 1. The molecule has 0 saturated heterocycles. The van der Waals surface area contributed by atoms with Gasteiger partial charge in [0.1, 0.15) is 0 Å². The zero-order chi connectivity index (χ0) is 15.5. The molecule has 2 nitrogen and oxygen atoms in total. The summed E-state index contributed by atoms with van der Waals surface area (Å²) in [5.74, 6) is 0.0291. The molecule has 3 rings (SSSR count). The van der Waals surface area contributed by atoms with Crippen molar-refractivity contribution in [3.8, 4) is 0 Å². The third-order valence-corrected chi connectivity index (χ3v) is 5.10. The van der Waals surface area contributed by atoms with Crippen molar-refractivity contribution >= 4 is 28.0 Å². The van der Waals surface area contributed by atoms with Crippen LogP contribution in [0.3, 0.4) is 0 Å². The molecule has 2 aromatic carbocycles. The highest BCUT2D eigenvalue weighted by atomic mass is 32.1. The summed E-state index contributed by atoms with van der Waals surface area (Å²) in [6.07, 6.45) is 0.844. The Hall–Kier alpha value is -2.13. The molecule has 3 aromatic rings. The van der Waals surface area contributed by atoms with Gasteiger partial charge in [0.15, 0.2) is 0 Å². The molecule has 0 aliphatic carbocycles. The highest BCUT2D eigenvalue weighted by molar-refractivity contribution is 7.14. The Labute approximate surface area is 134 Å². The quantitative estimate of drug-likeness (QED) is 0.756. The first-order chi connectivity index (χ1) is 10.6. The van der Waals surface area contributed by atoms with Crippen molar-refractivity contribution in [2.24, 2.45) is 0 Å². The number of carbonyl (C=O) groups excluding carboxylic acids is 1. The van der Waals surface area contributed by atoms with Gasteiger partial charge in [-0.05, 0) is 48.2 Å². The van der Waals surface area contributed by atoms with Crippen LogP contribution < -0.4 is 5.32 Å². The van der Waals surface area contributed by atoms with E-state index in [-0.39, 0.29) is 5.91 Å². The Kier molecular flexibility index (Phi) is 4.25. The molecule has 112 valence electrons. The smallest absolute Gasteiger partial charge is 0.261 e. The summed E-state index contributed by atoms with van der Waals surface area (Å²) in [7, 11) is 0. The van der Waals surface area contributed by atoms with Crippen molar-refractivity contribution in [1.29, 1.82) is 0 Å². The minimum Gasteiger partial charge on any atom is -0.351 e. The first kappa shape index (κ1) is 14.8. The van der Waals surface area contributed by atoms with E-state index in [1.807, 2.05) is 19.9 Å². The van der Waals surface area contributed by atoms with Gasteiger partial charge in [-0.25, -0.2) is 0 Å². The summed E-state index contributed by atoms with van der Waals surface area (Å²) in [5.41, 5.74) is 2.46. The lowest BCUT2D eigenvalue weighted by molar-refractivity contribution is 0.0958. The SMILES string of the molecule is Cc1cc(C(=O)NCCc2cccc3ccccc23)sc1C. The number of rotatable bonds is 4. The van der Waals surface area contributed by atoms with Crippen LogP contribution in [0.4, 0.5) is 0 Å². The van der Waals surface area contributed by atoms with Gasteiger partial charge in [-0.2, -0.15) is 0 Å². The minimum atomic E-state index is 0.0291. The number of nitrogens with one attached hydrogen (secondary N) is 1. The molecular formula is C19H19NOS. The average Bonchev–Trinajstić information content (AvgIpc) is 2.87. The lowest BCUT2D eigenvalue weighted by atomic mass is 10.0. The second-order valence-corrected chi connectivity index (χ2v) is 6.75. The Morgan fingerprint density at radius 3 is 2.64 bits per heavy atom. The molecule has 1 heterocycles. The summed E-state index contributed by atoms with van der Waals surface area (Å²) in [6.45, 7) is 4.74. The highest BCUT2D eigenvalue weighted by Crippen LogP contribution is 2.21. The fraction of sp³-hybridized carbons (Fsp3) is 0.211. The molecular weight excluding hydrogens is 290 g/mol. The zero-order valence-corrected chi connectivity index (χ0v) is 13.7. The van der Waals surface area contributed by atoms with Crippen LogP contribution in [-0.4, -0.2) is 12.5 Å². The van der Waals surface area contributed by atoms with Gasteiger partial charge in [0.2, 0.25) is 0 Å².